The summed E-state index contributed by atoms with van der Waals surface area (Å²) in [7, 11) is 1.62. The fourth-order valence-corrected chi connectivity index (χ4v) is 1.97. The molecule has 0 bridgehead atoms. The Labute approximate surface area is 119 Å². The summed E-state index contributed by atoms with van der Waals surface area (Å²) in [5.41, 5.74) is 6.74. The van der Waals surface area contributed by atoms with Crippen LogP contribution in [0, 0.1) is 5.92 Å². The molecule has 19 heavy (non-hydrogen) atoms. The summed E-state index contributed by atoms with van der Waals surface area (Å²) in [5, 5.41) is 0.508. The van der Waals surface area contributed by atoms with Crippen LogP contribution in [0.2, 0.25) is 5.02 Å². The highest BCUT2D eigenvalue weighted by Crippen LogP contribution is 2.20. The van der Waals surface area contributed by atoms with Gasteiger partial charge in [0.25, 0.3) is 5.91 Å². The average Bonchev–Trinajstić information content (AvgIpc) is 2.36. The van der Waals surface area contributed by atoms with Crippen LogP contribution in [0.5, 0.6) is 0 Å². The zero-order valence-corrected chi connectivity index (χ0v) is 12.4. The molecule has 0 saturated carbocycles. The van der Waals surface area contributed by atoms with E-state index in [-0.39, 0.29) is 5.91 Å². The molecule has 0 heterocycles. The number of anilines is 1. The van der Waals surface area contributed by atoms with Gasteiger partial charge in [0.05, 0.1) is 12.2 Å². The number of hydrogen-bond acceptors (Lipinski definition) is 3. The van der Waals surface area contributed by atoms with Crippen molar-refractivity contribution in [2.24, 2.45) is 5.92 Å². The lowest BCUT2D eigenvalue weighted by Crippen LogP contribution is -2.37. The molecule has 0 fully saturated rings. The maximum Gasteiger partial charge on any atom is 0.256 e. The van der Waals surface area contributed by atoms with Gasteiger partial charge >= 0.3 is 0 Å². The Hall–Kier alpha value is -1.26. The van der Waals surface area contributed by atoms with Crippen molar-refractivity contribution in [2.45, 2.75) is 13.8 Å². The minimum absolute atomic E-state index is 0.106. The van der Waals surface area contributed by atoms with E-state index in [9.17, 15) is 4.79 Å². The van der Waals surface area contributed by atoms with E-state index in [0.29, 0.717) is 41.9 Å². The number of nitrogens with two attached hydrogens (primary N) is 1. The number of carbonyl (C=O) groups excluding carboxylic acids is 1. The fraction of sp³-hybridized carbons (Fsp3) is 0.500. The van der Waals surface area contributed by atoms with Crippen LogP contribution in [0.4, 0.5) is 5.69 Å². The van der Waals surface area contributed by atoms with Crippen molar-refractivity contribution in [3.63, 3.8) is 0 Å². The molecule has 1 rings (SSSR count). The van der Waals surface area contributed by atoms with Crippen LogP contribution in [0.15, 0.2) is 18.2 Å². The van der Waals surface area contributed by atoms with Crippen molar-refractivity contribution in [2.75, 3.05) is 32.5 Å². The van der Waals surface area contributed by atoms with Gasteiger partial charge in [-0.2, -0.15) is 0 Å². The molecule has 1 amide bonds. The van der Waals surface area contributed by atoms with Crippen LogP contribution in [-0.4, -0.2) is 37.6 Å². The number of carbonyl (C=O) groups is 1. The third-order valence-electron chi connectivity index (χ3n) is 2.68. The highest BCUT2D eigenvalue weighted by atomic mass is 35.5. The van der Waals surface area contributed by atoms with Crippen LogP contribution >= 0.6 is 11.6 Å². The lowest BCUT2D eigenvalue weighted by Gasteiger charge is -2.25. The van der Waals surface area contributed by atoms with Gasteiger partial charge in [-0.15, -0.1) is 0 Å². The third-order valence-corrected chi connectivity index (χ3v) is 2.92. The van der Waals surface area contributed by atoms with Crippen molar-refractivity contribution < 1.29 is 9.53 Å². The van der Waals surface area contributed by atoms with Gasteiger partial charge in [-0.05, 0) is 24.1 Å². The molecule has 1 aromatic rings. The molecule has 5 heteroatoms. The van der Waals surface area contributed by atoms with Crippen molar-refractivity contribution in [1.82, 2.24) is 4.90 Å². The molecule has 0 saturated heterocycles. The molecule has 0 aliphatic rings. The molecular weight excluding hydrogens is 264 g/mol. The number of amides is 1. The summed E-state index contributed by atoms with van der Waals surface area (Å²) in [5.74, 6) is 0.270. The molecule has 0 aliphatic carbocycles. The van der Waals surface area contributed by atoms with Crippen LogP contribution in [-0.2, 0) is 4.74 Å². The first-order chi connectivity index (χ1) is 8.95. The summed E-state index contributed by atoms with van der Waals surface area (Å²) in [6, 6.07) is 4.94. The van der Waals surface area contributed by atoms with Gasteiger partial charge in [-0.25, -0.2) is 0 Å². The molecule has 1 aromatic carbocycles. The predicted octanol–water partition coefficient (Wildman–Crippen LogP) is 2.67. The predicted molar refractivity (Wildman–Crippen MR) is 78.5 cm³/mol. The van der Waals surface area contributed by atoms with Gasteiger partial charge in [0.2, 0.25) is 0 Å². The summed E-state index contributed by atoms with van der Waals surface area (Å²) < 4.78 is 5.04. The van der Waals surface area contributed by atoms with Crippen LogP contribution in [0.1, 0.15) is 24.2 Å². The number of methoxy groups -OCH3 is 1. The van der Waals surface area contributed by atoms with Crippen molar-refractivity contribution in [1.29, 1.82) is 0 Å². The van der Waals surface area contributed by atoms with Gasteiger partial charge < -0.3 is 15.4 Å². The van der Waals surface area contributed by atoms with E-state index in [4.69, 9.17) is 22.1 Å². The SMILES string of the molecule is COCCN(CC(C)C)C(=O)c1cc(Cl)ccc1N. The van der Waals surface area contributed by atoms with E-state index in [0.717, 1.165) is 0 Å². The molecule has 0 aromatic heterocycles. The second kappa shape index (κ2) is 7.36. The monoisotopic (exact) mass is 284 g/mol. The molecular formula is C14H21ClN2O2. The van der Waals surface area contributed by atoms with E-state index in [1.165, 1.54) is 0 Å². The van der Waals surface area contributed by atoms with Crippen LogP contribution in [0.25, 0.3) is 0 Å². The maximum atomic E-state index is 12.5. The Kier molecular flexibility index (Phi) is 6.12. The smallest absolute Gasteiger partial charge is 0.256 e. The molecule has 0 spiro atoms. The number of nitrogen functional groups attached to an aromatic ring is 1. The Balaban J connectivity index is 2.93. The molecule has 0 atom stereocenters. The van der Waals surface area contributed by atoms with E-state index in [2.05, 4.69) is 13.8 Å². The lowest BCUT2D eigenvalue weighted by atomic mass is 10.1. The molecule has 106 valence electrons. The Morgan fingerprint density at radius 1 is 1.47 bits per heavy atom. The van der Waals surface area contributed by atoms with E-state index in [1.54, 1.807) is 30.2 Å². The van der Waals surface area contributed by atoms with E-state index >= 15 is 0 Å². The van der Waals surface area contributed by atoms with Gasteiger partial charge in [0.15, 0.2) is 0 Å². The quantitative estimate of drug-likeness (QED) is 0.817. The lowest BCUT2D eigenvalue weighted by molar-refractivity contribution is 0.0673. The van der Waals surface area contributed by atoms with Gasteiger partial charge in [0, 0.05) is 30.9 Å². The van der Waals surface area contributed by atoms with Crippen LogP contribution < -0.4 is 5.73 Å². The zero-order valence-electron chi connectivity index (χ0n) is 11.6. The molecule has 4 nitrogen and oxygen atoms in total. The molecule has 0 aliphatic heterocycles. The van der Waals surface area contributed by atoms with Crippen molar-refractivity contribution in [3.05, 3.63) is 28.8 Å². The molecule has 2 N–H and O–H groups in total. The van der Waals surface area contributed by atoms with Crippen molar-refractivity contribution in [3.8, 4) is 0 Å². The number of ether oxygens (including phenoxy) is 1. The van der Waals surface area contributed by atoms with Gasteiger partial charge in [0.1, 0.15) is 0 Å². The van der Waals surface area contributed by atoms with Crippen molar-refractivity contribution >= 4 is 23.2 Å². The average molecular weight is 285 g/mol. The highest BCUT2D eigenvalue weighted by molar-refractivity contribution is 6.31. The zero-order chi connectivity index (χ0) is 14.4. The number of benzene rings is 1. The highest BCUT2D eigenvalue weighted by Gasteiger charge is 2.19. The number of nitrogens with zero attached hydrogens (tertiary/aromatic N) is 1. The van der Waals surface area contributed by atoms with E-state index < -0.39 is 0 Å². The fourth-order valence-electron chi connectivity index (χ4n) is 1.80. The second-order valence-corrected chi connectivity index (χ2v) is 5.31. The number of hydrogen-bond donors (Lipinski definition) is 1. The minimum atomic E-state index is -0.106. The van der Waals surface area contributed by atoms with Gasteiger partial charge in [-0.1, -0.05) is 25.4 Å². The first-order valence-corrected chi connectivity index (χ1v) is 6.66. The Morgan fingerprint density at radius 3 is 2.74 bits per heavy atom. The maximum absolute atomic E-state index is 12.5. The van der Waals surface area contributed by atoms with Gasteiger partial charge in [-0.3, -0.25) is 4.79 Å². The van der Waals surface area contributed by atoms with E-state index in [1.807, 2.05) is 0 Å². The summed E-state index contributed by atoms with van der Waals surface area (Å²) in [4.78, 5) is 14.2. The third kappa shape index (κ3) is 4.73. The Bertz CT molecular complexity index is 435. The molecule has 0 unspecified atom stereocenters. The van der Waals surface area contributed by atoms with Crippen LogP contribution in [0.3, 0.4) is 0 Å². The first-order valence-electron chi connectivity index (χ1n) is 6.29. The molecule has 0 radical (unpaired) electrons. The number of halogens is 1. The minimum Gasteiger partial charge on any atom is -0.398 e. The Morgan fingerprint density at radius 2 is 2.16 bits per heavy atom. The summed E-state index contributed by atoms with van der Waals surface area (Å²) in [6.07, 6.45) is 0. The normalized spacial score (nSPS) is 10.8. The number of rotatable bonds is 6. The largest absolute Gasteiger partial charge is 0.398 e. The summed E-state index contributed by atoms with van der Waals surface area (Å²) in [6.45, 7) is 5.83. The summed E-state index contributed by atoms with van der Waals surface area (Å²) >= 11 is 5.92. The topological polar surface area (TPSA) is 55.6 Å². The standard InChI is InChI=1S/C14H21ClN2O2/c1-10(2)9-17(6-7-19-3)14(18)12-8-11(15)4-5-13(12)16/h4-5,8,10H,6-7,9,16H2,1-3H3. The first kappa shape index (κ1) is 15.8. The second-order valence-electron chi connectivity index (χ2n) is 4.87.